The quantitative estimate of drug-likeness (QED) is 0.737. The number of benzene rings is 1. The fourth-order valence-corrected chi connectivity index (χ4v) is 1.45. The maximum Gasteiger partial charge on any atom is 0.0914 e. The van der Waals surface area contributed by atoms with Crippen LogP contribution in [-0.4, -0.2) is 18.2 Å². The third-order valence-corrected chi connectivity index (χ3v) is 2.23. The molecule has 1 aromatic rings. The van der Waals surface area contributed by atoms with E-state index in [1.807, 2.05) is 12.1 Å². The SMILES string of the molecule is CCCNC[C@H](O)c1cccc(Cl)c1. The third kappa shape index (κ3) is 3.66. The van der Waals surface area contributed by atoms with Gasteiger partial charge in [-0.3, -0.25) is 0 Å². The molecule has 0 saturated heterocycles. The van der Waals surface area contributed by atoms with Crippen molar-refractivity contribution in [3.63, 3.8) is 0 Å². The minimum absolute atomic E-state index is 0.472. The van der Waals surface area contributed by atoms with Crippen LogP contribution < -0.4 is 5.32 Å². The molecule has 1 rings (SSSR count). The fourth-order valence-electron chi connectivity index (χ4n) is 1.25. The second-order valence-corrected chi connectivity index (χ2v) is 3.71. The first-order chi connectivity index (χ1) is 6.74. The van der Waals surface area contributed by atoms with E-state index >= 15 is 0 Å². The lowest BCUT2D eigenvalue weighted by Gasteiger charge is -2.11. The zero-order valence-electron chi connectivity index (χ0n) is 8.33. The summed E-state index contributed by atoms with van der Waals surface area (Å²) in [5, 5.41) is 13.6. The van der Waals surface area contributed by atoms with E-state index in [-0.39, 0.29) is 0 Å². The number of nitrogens with one attached hydrogen (secondary N) is 1. The van der Waals surface area contributed by atoms with Crippen molar-refractivity contribution < 1.29 is 5.11 Å². The number of hydrogen-bond donors (Lipinski definition) is 2. The Bertz CT molecular complexity index is 278. The Morgan fingerprint density at radius 1 is 1.50 bits per heavy atom. The minimum Gasteiger partial charge on any atom is -0.387 e. The van der Waals surface area contributed by atoms with Gasteiger partial charge in [-0.25, -0.2) is 0 Å². The average Bonchev–Trinajstić information content (AvgIpc) is 2.18. The molecule has 0 radical (unpaired) electrons. The summed E-state index contributed by atoms with van der Waals surface area (Å²) in [5.41, 5.74) is 0.862. The predicted molar refractivity (Wildman–Crippen MR) is 59.6 cm³/mol. The lowest BCUT2D eigenvalue weighted by molar-refractivity contribution is 0.175. The van der Waals surface area contributed by atoms with Crippen LogP contribution in [0.1, 0.15) is 25.0 Å². The molecule has 0 fully saturated rings. The maximum absolute atomic E-state index is 9.75. The van der Waals surface area contributed by atoms with Crippen molar-refractivity contribution >= 4 is 11.6 Å². The molecule has 1 aromatic carbocycles. The van der Waals surface area contributed by atoms with Gasteiger partial charge in [0.05, 0.1) is 6.10 Å². The van der Waals surface area contributed by atoms with E-state index in [1.54, 1.807) is 12.1 Å². The summed E-state index contributed by atoms with van der Waals surface area (Å²) in [5.74, 6) is 0. The van der Waals surface area contributed by atoms with Crippen molar-refractivity contribution in [2.45, 2.75) is 19.4 Å². The molecule has 2 nitrogen and oxygen atoms in total. The van der Waals surface area contributed by atoms with Gasteiger partial charge in [0.15, 0.2) is 0 Å². The van der Waals surface area contributed by atoms with Gasteiger partial charge in [-0.2, -0.15) is 0 Å². The van der Waals surface area contributed by atoms with Crippen LogP contribution in [0, 0.1) is 0 Å². The summed E-state index contributed by atoms with van der Waals surface area (Å²) < 4.78 is 0. The second-order valence-electron chi connectivity index (χ2n) is 3.27. The zero-order chi connectivity index (χ0) is 10.4. The van der Waals surface area contributed by atoms with Crippen molar-refractivity contribution in [2.75, 3.05) is 13.1 Å². The molecular formula is C11H16ClNO. The summed E-state index contributed by atoms with van der Waals surface area (Å²) in [6.45, 7) is 3.60. The van der Waals surface area contributed by atoms with E-state index in [4.69, 9.17) is 11.6 Å². The van der Waals surface area contributed by atoms with Crippen LogP contribution in [0.3, 0.4) is 0 Å². The summed E-state index contributed by atoms with van der Waals surface area (Å²) in [6, 6.07) is 7.32. The highest BCUT2D eigenvalue weighted by Crippen LogP contribution is 2.16. The number of aliphatic hydroxyl groups excluding tert-OH is 1. The molecule has 0 aliphatic rings. The van der Waals surface area contributed by atoms with E-state index in [2.05, 4.69) is 12.2 Å². The molecule has 0 aliphatic heterocycles. The first-order valence-electron chi connectivity index (χ1n) is 4.88. The maximum atomic E-state index is 9.75. The smallest absolute Gasteiger partial charge is 0.0914 e. The normalized spacial score (nSPS) is 12.8. The van der Waals surface area contributed by atoms with E-state index in [9.17, 15) is 5.11 Å². The predicted octanol–water partition coefficient (Wildman–Crippen LogP) is 2.37. The average molecular weight is 214 g/mol. The Labute approximate surface area is 89.9 Å². The van der Waals surface area contributed by atoms with Gasteiger partial charge in [0.1, 0.15) is 0 Å². The number of aliphatic hydroxyl groups is 1. The first kappa shape index (κ1) is 11.5. The number of hydrogen-bond acceptors (Lipinski definition) is 2. The van der Waals surface area contributed by atoms with E-state index in [1.165, 1.54) is 0 Å². The molecule has 3 heteroatoms. The number of rotatable bonds is 5. The van der Waals surface area contributed by atoms with Crippen molar-refractivity contribution in [2.24, 2.45) is 0 Å². The van der Waals surface area contributed by atoms with Gasteiger partial charge in [-0.15, -0.1) is 0 Å². The Morgan fingerprint density at radius 3 is 2.93 bits per heavy atom. The lowest BCUT2D eigenvalue weighted by atomic mass is 10.1. The van der Waals surface area contributed by atoms with Crippen LogP contribution in [0.25, 0.3) is 0 Å². The van der Waals surface area contributed by atoms with Gasteiger partial charge in [-0.1, -0.05) is 30.7 Å². The summed E-state index contributed by atoms with van der Waals surface area (Å²) >= 11 is 5.82. The molecule has 0 aliphatic carbocycles. The Hall–Kier alpha value is -0.570. The Kier molecular flexibility index (Phi) is 4.94. The van der Waals surface area contributed by atoms with E-state index in [0.29, 0.717) is 11.6 Å². The lowest BCUT2D eigenvalue weighted by Crippen LogP contribution is -2.22. The van der Waals surface area contributed by atoms with E-state index in [0.717, 1.165) is 18.5 Å². The van der Waals surface area contributed by atoms with Crippen molar-refractivity contribution in [3.05, 3.63) is 34.9 Å². The van der Waals surface area contributed by atoms with Crippen molar-refractivity contribution in [1.29, 1.82) is 0 Å². The monoisotopic (exact) mass is 213 g/mol. The summed E-state index contributed by atoms with van der Waals surface area (Å²) in [6.07, 6.45) is 0.600. The molecule has 0 aromatic heterocycles. The molecule has 0 unspecified atom stereocenters. The standard InChI is InChI=1S/C11H16ClNO/c1-2-6-13-8-11(14)9-4-3-5-10(12)7-9/h3-5,7,11,13-14H,2,6,8H2,1H3/t11-/m0/s1. The van der Waals surface area contributed by atoms with Crippen molar-refractivity contribution in [3.8, 4) is 0 Å². The first-order valence-corrected chi connectivity index (χ1v) is 5.26. The third-order valence-electron chi connectivity index (χ3n) is 2.00. The number of halogens is 1. The molecule has 2 N–H and O–H groups in total. The van der Waals surface area contributed by atoms with Crippen molar-refractivity contribution in [1.82, 2.24) is 5.32 Å². The Morgan fingerprint density at radius 2 is 2.29 bits per heavy atom. The highest BCUT2D eigenvalue weighted by atomic mass is 35.5. The highest BCUT2D eigenvalue weighted by Gasteiger charge is 2.06. The van der Waals surface area contributed by atoms with Crippen LogP contribution in [0.15, 0.2) is 24.3 Å². The van der Waals surface area contributed by atoms with Crippen LogP contribution in [0.4, 0.5) is 0 Å². The van der Waals surface area contributed by atoms with Crippen LogP contribution in [0.2, 0.25) is 5.02 Å². The van der Waals surface area contributed by atoms with E-state index < -0.39 is 6.10 Å². The van der Waals surface area contributed by atoms with Gasteiger partial charge in [-0.05, 0) is 30.7 Å². The zero-order valence-corrected chi connectivity index (χ0v) is 9.09. The largest absolute Gasteiger partial charge is 0.387 e. The van der Waals surface area contributed by atoms with Crippen LogP contribution in [0.5, 0.6) is 0 Å². The molecule has 0 saturated carbocycles. The minimum atomic E-state index is -0.472. The molecule has 1 atom stereocenters. The second kappa shape index (κ2) is 6.02. The van der Waals surface area contributed by atoms with Gasteiger partial charge in [0.25, 0.3) is 0 Å². The molecule has 0 bridgehead atoms. The molecule has 14 heavy (non-hydrogen) atoms. The molecule has 78 valence electrons. The highest BCUT2D eigenvalue weighted by molar-refractivity contribution is 6.30. The van der Waals surface area contributed by atoms with Gasteiger partial charge in [0.2, 0.25) is 0 Å². The summed E-state index contributed by atoms with van der Waals surface area (Å²) in [4.78, 5) is 0. The molecule has 0 heterocycles. The van der Waals surface area contributed by atoms with Crippen LogP contribution >= 0.6 is 11.6 Å². The van der Waals surface area contributed by atoms with Gasteiger partial charge >= 0.3 is 0 Å². The van der Waals surface area contributed by atoms with Gasteiger partial charge in [0, 0.05) is 11.6 Å². The molecule has 0 spiro atoms. The molecule has 0 amide bonds. The fraction of sp³-hybridized carbons (Fsp3) is 0.455. The molecular weight excluding hydrogens is 198 g/mol. The topological polar surface area (TPSA) is 32.3 Å². The Balaban J connectivity index is 2.47. The summed E-state index contributed by atoms with van der Waals surface area (Å²) in [7, 11) is 0. The van der Waals surface area contributed by atoms with Crippen LogP contribution in [-0.2, 0) is 0 Å². The van der Waals surface area contributed by atoms with Gasteiger partial charge < -0.3 is 10.4 Å².